The van der Waals surface area contributed by atoms with Crippen LogP contribution in [0.4, 0.5) is 24.9 Å². The van der Waals surface area contributed by atoms with Gasteiger partial charge in [-0.05, 0) is 57.2 Å². The molecule has 3 aromatic rings. The molecule has 1 saturated carbocycles. The van der Waals surface area contributed by atoms with Crippen molar-refractivity contribution in [1.82, 2.24) is 24.7 Å². The van der Waals surface area contributed by atoms with Gasteiger partial charge in [-0.3, -0.25) is 4.40 Å². The zero-order valence-corrected chi connectivity index (χ0v) is 20.0. The molecule has 0 amide bonds. The Morgan fingerprint density at radius 3 is 2.65 bits per heavy atom. The van der Waals surface area contributed by atoms with Crippen molar-refractivity contribution < 1.29 is 13.2 Å². The van der Waals surface area contributed by atoms with E-state index in [0.29, 0.717) is 27.7 Å². The number of imidazole rings is 1. The molecular formula is C23H28F3N7S. The largest absolute Gasteiger partial charge is 0.434 e. The molecule has 3 N–H and O–H groups in total. The normalized spacial score (nSPS) is 20.5. The minimum absolute atomic E-state index is 0.0245. The van der Waals surface area contributed by atoms with Gasteiger partial charge in [0.15, 0.2) is 11.3 Å². The number of aryl methyl sites for hydroxylation is 1. The summed E-state index contributed by atoms with van der Waals surface area (Å²) in [6.45, 7) is 3.60. The smallest absolute Gasteiger partial charge is 0.384 e. The van der Waals surface area contributed by atoms with Gasteiger partial charge >= 0.3 is 6.18 Å². The lowest BCUT2D eigenvalue weighted by Gasteiger charge is -2.43. The second-order valence-electron chi connectivity index (χ2n) is 9.21. The maximum atomic E-state index is 13.6. The molecule has 2 fully saturated rings. The third-order valence-electron chi connectivity index (χ3n) is 7.31. The maximum absolute atomic E-state index is 13.6. The zero-order valence-electron chi connectivity index (χ0n) is 19.2. The van der Waals surface area contributed by atoms with Gasteiger partial charge in [0, 0.05) is 36.4 Å². The van der Waals surface area contributed by atoms with Crippen molar-refractivity contribution in [3.8, 4) is 0 Å². The number of nitrogens with one attached hydrogen (secondary N) is 1. The molecule has 2 aliphatic rings. The molecule has 5 rings (SSSR count). The van der Waals surface area contributed by atoms with Gasteiger partial charge in [-0.1, -0.05) is 18.2 Å². The SMILES string of the molecule is CN[C@@H]1CCCC12CCN(c1nc(C)c(Sc3ccc(N)nc3C(F)(F)F)c3nccn13)CC2. The van der Waals surface area contributed by atoms with E-state index in [4.69, 9.17) is 10.7 Å². The molecule has 7 nitrogen and oxygen atoms in total. The fourth-order valence-corrected chi connectivity index (χ4v) is 6.64. The Morgan fingerprint density at radius 1 is 1.18 bits per heavy atom. The van der Waals surface area contributed by atoms with Crippen molar-refractivity contribution in [3.05, 3.63) is 35.9 Å². The van der Waals surface area contributed by atoms with Gasteiger partial charge in [0.2, 0.25) is 5.95 Å². The van der Waals surface area contributed by atoms with E-state index in [1.54, 1.807) is 6.20 Å². The van der Waals surface area contributed by atoms with Crippen LogP contribution in [0.2, 0.25) is 0 Å². The third kappa shape index (κ3) is 3.98. The van der Waals surface area contributed by atoms with Gasteiger partial charge in [-0.15, -0.1) is 0 Å². The summed E-state index contributed by atoms with van der Waals surface area (Å²) in [5.41, 5.74) is 6.10. The van der Waals surface area contributed by atoms with E-state index in [1.807, 2.05) is 17.5 Å². The lowest BCUT2D eigenvalue weighted by Crippen LogP contribution is -2.48. The van der Waals surface area contributed by atoms with Crippen LogP contribution in [0.1, 0.15) is 43.5 Å². The molecule has 1 saturated heterocycles. The molecule has 11 heteroatoms. The third-order valence-corrected chi connectivity index (χ3v) is 8.54. The second-order valence-corrected chi connectivity index (χ2v) is 10.3. The van der Waals surface area contributed by atoms with E-state index in [-0.39, 0.29) is 10.7 Å². The highest BCUT2D eigenvalue weighted by Gasteiger charge is 2.44. The van der Waals surface area contributed by atoms with Gasteiger partial charge in [0.25, 0.3) is 0 Å². The van der Waals surface area contributed by atoms with E-state index >= 15 is 0 Å². The number of hydrogen-bond acceptors (Lipinski definition) is 7. The van der Waals surface area contributed by atoms with Crippen LogP contribution in [-0.4, -0.2) is 45.5 Å². The highest BCUT2D eigenvalue weighted by molar-refractivity contribution is 7.99. The lowest BCUT2D eigenvalue weighted by atomic mass is 9.74. The summed E-state index contributed by atoms with van der Waals surface area (Å²) in [5.74, 6) is 0.619. The number of rotatable bonds is 4. The van der Waals surface area contributed by atoms with E-state index in [1.165, 1.54) is 31.4 Å². The van der Waals surface area contributed by atoms with E-state index in [9.17, 15) is 13.2 Å². The van der Waals surface area contributed by atoms with Gasteiger partial charge in [-0.25, -0.2) is 15.0 Å². The molecule has 4 heterocycles. The number of aromatic nitrogens is 4. The van der Waals surface area contributed by atoms with Crippen molar-refractivity contribution in [1.29, 1.82) is 0 Å². The Morgan fingerprint density at radius 2 is 1.94 bits per heavy atom. The monoisotopic (exact) mass is 491 g/mol. The predicted molar refractivity (Wildman–Crippen MR) is 126 cm³/mol. The number of fused-ring (bicyclic) bond motifs is 1. The number of pyridine rings is 1. The first-order chi connectivity index (χ1) is 16.2. The minimum Gasteiger partial charge on any atom is -0.384 e. The number of nitrogens with zero attached hydrogens (tertiary/aromatic N) is 5. The fourth-order valence-electron chi connectivity index (χ4n) is 5.59. The first-order valence-electron chi connectivity index (χ1n) is 11.5. The summed E-state index contributed by atoms with van der Waals surface area (Å²) < 4.78 is 42.7. The van der Waals surface area contributed by atoms with Crippen LogP contribution in [0.15, 0.2) is 34.3 Å². The molecule has 182 valence electrons. The number of halogens is 3. The molecule has 1 aliphatic carbocycles. The molecule has 1 atom stereocenters. The standard InChI is InChI=1S/C23H28F3N7S/c1-14-18(34-15-5-6-17(27)31-19(15)23(24,25)26)20-29-10-13-33(20)21(30-14)32-11-8-22(9-12-32)7-3-4-16(22)28-2/h5-6,10,13,16,28H,3-4,7-9,11-12H2,1-2H3,(H2,27,31)/t16-/m1/s1. The van der Waals surface area contributed by atoms with Crippen LogP contribution < -0.4 is 16.0 Å². The molecule has 34 heavy (non-hydrogen) atoms. The Labute approximate surface area is 200 Å². The topological polar surface area (TPSA) is 84.4 Å². The zero-order chi connectivity index (χ0) is 24.1. The first-order valence-corrected chi connectivity index (χ1v) is 12.3. The summed E-state index contributed by atoms with van der Waals surface area (Å²) in [6.07, 6.45) is 4.81. The van der Waals surface area contributed by atoms with Crippen LogP contribution in [0.3, 0.4) is 0 Å². The van der Waals surface area contributed by atoms with Gasteiger partial charge in [0.1, 0.15) is 5.82 Å². The Kier molecular flexibility index (Phi) is 5.87. The van der Waals surface area contributed by atoms with Crippen molar-refractivity contribution in [2.75, 3.05) is 30.8 Å². The minimum atomic E-state index is -4.61. The number of alkyl halides is 3. The molecule has 1 aliphatic heterocycles. The van der Waals surface area contributed by atoms with Gasteiger partial charge in [-0.2, -0.15) is 13.2 Å². The summed E-state index contributed by atoms with van der Waals surface area (Å²) in [4.78, 5) is 15.7. The van der Waals surface area contributed by atoms with E-state index in [2.05, 4.69) is 27.2 Å². The average Bonchev–Trinajstić information content (AvgIpc) is 3.44. The van der Waals surface area contributed by atoms with Crippen LogP contribution in [-0.2, 0) is 6.18 Å². The van der Waals surface area contributed by atoms with Crippen molar-refractivity contribution >= 4 is 29.2 Å². The highest BCUT2D eigenvalue weighted by atomic mass is 32.2. The molecule has 0 unspecified atom stereocenters. The predicted octanol–water partition coefficient (Wildman–Crippen LogP) is 4.54. The van der Waals surface area contributed by atoms with E-state index in [0.717, 1.165) is 43.6 Å². The van der Waals surface area contributed by atoms with Crippen LogP contribution in [0, 0.1) is 12.3 Å². The maximum Gasteiger partial charge on any atom is 0.434 e. The first kappa shape index (κ1) is 23.2. The molecular weight excluding hydrogens is 463 g/mol. The van der Waals surface area contributed by atoms with Crippen molar-refractivity contribution in [2.24, 2.45) is 5.41 Å². The Hall–Kier alpha value is -2.53. The molecule has 0 aromatic carbocycles. The molecule has 0 radical (unpaired) electrons. The lowest BCUT2D eigenvalue weighted by molar-refractivity contribution is -0.143. The van der Waals surface area contributed by atoms with Crippen LogP contribution in [0.25, 0.3) is 5.65 Å². The molecule has 0 bridgehead atoms. The van der Waals surface area contributed by atoms with Gasteiger partial charge in [0.05, 0.1) is 10.6 Å². The molecule has 3 aromatic heterocycles. The number of piperidine rings is 1. The van der Waals surface area contributed by atoms with Crippen molar-refractivity contribution in [2.45, 2.75) is 61.0 Å². The number of nitrogen functional groups attached to an aromatic ring is 1. The Balaban J connectivity index is 1.46. The number of anilines is 2. The highest BCUT2D eigenvalue weighted by Crippen LogP contribution is 2.47. The van der Waals surface area contributed by atoms with Crippen LogP contribution >= 0.6 is 11.8 Å². The molecule has 1 spiro atoms. The summed E-state index contributed by atoms with van der Waals surface area (Å²) in [5, 5.41) is 3.52. The second kappa shape index (κ2) is 8.60. The quantitative estimate of drug-likeness (QED) is 0.554. The van der Waals surface area contributed by atoms with E-state index < -0.39 is 11.9 Å². The number of nitrogens with two attached hydrogens (primary N) is 1. The fraction of sp³-hybridized carbons (Fsp3) is 0.522. The van der Waals surface area contributed by atoms with Crippen molar-refractivity contribution in [3.63, 3.8) is 0 Å². The average molecular weight is 492 g/mol. The van der Waals surface area contributed by atoms with Crippen LogP contribution in [0.5, 0.6) is 0 Å². The number of hydrogen-bond donors (Lipinski definition) is 2. The summed E-state index contributed by atoms with van der Waals surface area (Å²) in [6, 6.07) is 3.29. The van der Waals surface area contributed by atoms with Gasteiger partial charge < -0.3 is 16.0 Å². The summed E-state index contributed by atoms with van der Waals surface area (Å²) >= 11 is 0.974. The Bertz CT molecular complexity index is 1200. The summed E-state index contributed by atoms with van der Waals surface area (Å²) in [7, 11) is 2.06.